The molecular formula is C10H10ClNO. The lowest BCUT2D eigenvalue weighted by Gasteiger charge is -2.01. The van der Waals surface area contributed by atoms with Gasteiger partial charge in [-0.25, -0.2) is 0 Å². The van der Waals surface area contributed by atoms with Gasteiger partial charge in [0.2, 0.25) is 0 Å². The van der Waals surface area contributed by atoms with Crippen LogP contribution in [0.5, 0.6) is 0 Å². The molecule has 0 bridgehead atoms. The van der Waals surface area contributed by atoms with E-state index >= 15 is 0 Å². The van der Waals surface area contributed by atoms with Crippen LogP contribution in [0.2, 0.25) is 5.02 Å². The van der Waals surface area contributed by atoms with Gasteiger partial charge < -0.3 is 5.73 Å². The molecule has 0 unspecified atom stereocenters. The highest BCUT2D eigenvalue weighted by Crippen LogP contribution is 2.20. The van der Waals surface area contributed by atoms with E-state index in [0.717, 1.165) is 0 Å². The predicted molar refractivity (Wildman–Crippen MR) is 55.0 cm³/mol. The molecule has 0 aliphatic heterocycles. The molecule has 0 atom stereocenters. The summed E-state index contributed by atoms with van der Waals surface area (Å²) in [5.74, 6) is -0.0417. The second kappa shape index (κ2) is 4.10. The Balaban J connectivity index is 3.01. The Kier molecular flexibility index (Phi) is 3.09. The molecule has 2 nitrogen and oxygen atoms in total. The minimum absolute atomic E-state index is 0.0417. The molecule has 0 fully saturated rings. The van der Waals surface area contributed by atoms with Crippen molar-refractivity contribution in [2.24, 2.45) is 0 Å². The molecule has 0 saturated heterocycles. The molecule has 0 aliphatic rings. The summed E-state index contributed by atoms with van der Waals surface area (Å²) in [7, 11) is 0. The van der Waals surface area contributed by atoms with Crippen molar-refractivity contribution in [3.63, 3.8) is 0 Å². The lowest BCUT2D eigenvalue weighted by atomic mass is 10.1. The van der Waals surface area contributed by atoms with Gasteiger partial charge in [0.05, 0.1) is 5.02 Å². The van der Waals surface area contributed by atoms with E-state index in [4.69, 9.17) is 17.3 Å². The fraction of sp³-hybridized carbons (Fsp3) is 0.100. The Labute approximate surface area is 82.0 Å². The SMILES string of the molecule is C=CCC(=O)c1ccc(N)cc1Cl. The molecule has 13 heavy (non-hydrogen) atoms. The van der Waals surface area contributed by atoms with E-state index in [-0.39, 0.29) is 5.78 Å². The highest BCUT2D eigenvalue weighted by molar-refractivity contribution is 6.34. The summed E-state index contributed by atoms with van der Waals surface area (Å²) in [5.41, 5.74) is 6.54. The number of nitrogen functional groups attached to an aromatic ring is 1. The van der Waals surface area contributed by atoms with Gasteiger partial charge in [0, 0.05) is 17.7 Å². The lowest BCUT2D eigenvalue weighted by molar-refractivity contribution is 0.0996. The standard InChI is InChI=1S/C10H10ClNO/c1-2-3-10(13)8-5-4-7(12)6-9(8)11/h2,4-6H,1,3,12H2. The second-order valence-electron chi connectivity index (χ2n) is 2.66. The molecule has 3 heteroatoms. The van der Waals surface area contributed by atoms with Crippen molar-refractivity contribution in [1.82, 2.24) is 0 Å². The number of ketones is 1. The van der Waals surface area contributed by atoms with Crippen molar-refractivity contribution in [3.8, 4) is 0 Å². The fourth-order valence-electron chi connectivity index (χ4n) is 0.999. The minimum Gasteiger partial charge on any atom is -0.399 e. The number of anilines is 1. The third kappa shape index (κ3) is 2.33. The van der Waals surface area contributed by atoms with E-state index in [1.165, 1.54) is 0 Å². The largest absolute Gasteiger partial charge is 0.399 e. The maximum atomic E-state index is 11.4. The first kappa shape index (κ1) is 9.81. The zero-order valence-electron chi connectivity index (χ0n) is 7.09. The normalized spacial score (nSPS) is 9.62. The van der Waals surface area contributed by atoms with Gasteiger partial charge in [-0.05, 0) is 18.2 Å². The highest BCUT2D eigenvalue weighted by atomic mass is 35.5. The number of carbonyl (C=O) groups excluding carboxylic acids is 1. The van der Waals surface area contributed by atoms with Crippen LogP contribution in [0, 0.1) is 0 Å². The van der Waals surface area contributed by atoms with E-state index in [0.29, 0.717) is 22.7 Å². The molecule has 0 aromatic heterocycles. The molecule has 0 spiro atoms. The zero-order valence-corrected chi connectivity index (χ0v) is 7.84. The molecule has 1 rings (SSSR count). The van der Waals surface area contributed by atoms with Crippen molar-refractivity contribution in [2.75, 3.05) is 5.73 Å². The van der Waals surface area contributed by atoms with Crippen LogP contribution in [0.1, 0.15) is 16.8 Å². The number of hydrogen-bond acceptors (Lipinski definition) is 2. The van der Waals surface area contributed by atoms with E-state index in [1.807, 2.05) is 0 Å². The molecule has 0 aliphatic carbocycles. The van der Waals surface area contributed by atoms with Gasteiger partial charge in [-0.1, -0.05) is 17.7 Å². The van der Waals surface area contributed by atoms with Crippen molar-refractivity contribution < 1.29 is 4.79 Å². The van der Waals surface area contributed by atoms with Crippen LogP contribution in [0.4, 0.5) is 5.69 Å². The Hall–Kier alpha value is -1.28. The summed E-state index contributed by atoms with van der Waals surface area (Å²) in [6.07, 6.45) is 1.85. The number of halogens is 1. The quantitative estimate of drug-likeness (QED) is 0.458. The third-order valence-electron chi connectivity index (χ3n) is 1.62. The van der Waals surface area contributed by atoms with E-state index in [9.17, 15) is 4.79 Å². The average molecular weight is 196 g/mol. The minimum atomic E-state index is -0.0417. The number of hydrogen-bond donors (Lipinski definition) is 1. The van der Waals surface area contributed by atoms with E-state index < -0.39 is 0 Å². The molecule has 0 saturated carbocycles. The Bertz CT molecular complexity index is 347. The van der Waals surface area contributed by atoms with Gasteiger partial charge in [-0.2, -0.15) is 0 Å². The third-order valence-corrected chi connectivity index (χ3v) is 1.94. The predicted octanol–water partition coefficient (Wildman–Crippen LogP) is 2.68. The molecule has 2 N–H and O–H groups in total. The van der Waals surface area contributed by atoms with Crippen LogP contribution in [-0.4, -0.2) is 5.78 Å². The molecule has 0 amide bonds. The molecular weight excluding hydrogens is 186 g/mol. The van der Waals surface area contributed by atoms with Crippen molar-refractivity contribution >= 4 is 23.1 Å². The van der Waals surface area contributed by atoms with Crippen LogP contribution < -0.4 is 5.73 Å². The summed E-state index contributed by atoms with van der Waals surface area (Å²) in [6, 6.07) is 4.85. The maximum absolute atomic E-state index is 11.4. The Morgan fingerprint density at radius 3 is 2.85 bits per heavy atom. The first-order chi connectivity index (χ1) is 6.15. The van der Waals surface area contributed by atoms with Gasteiger partial charge in [-0.15, -0.1) is 6.58 Å². The van der Waals surface area contributed by atoms with Crippen molar-refractivity contribution in [1.29, 1.82) is 0 Å². The number of allylic oxidation sites excluding steroid dienone is 1. The lowest BCUT2D eigenvalue weighted by Crippen LogP contribution is -1.98. The number of Topliss-reactive ketones (excluding diaryl/α,β-unsaturated/α-hetero) is 1. The van der Waals surface area contributed by atoms with Crippen LogP contribution in [-0.2, 0) is 0 Å². The summed E-state index contributed by atoms with van der Waals surface area (Å²) in [5, 5.41) is 0.395. The summed E-state index contributed by atoms with van der Waals surface area (Å²) in [4.78, 5) is 11.4. The first-order valence-corrected chi connectivity index (χ1v) is 4.22. The topological polar surface area (TPSA) is 43.1 Å². The van der Waals surface area contributed by atoms with Crippen LogP contribution >= 0.6 is 11.6 Å². The van der Waals surface area contributed by atoms with Gasteiger partial charge in [0.25, 0.3) is 0 Å². The van der Waals surface area contributed by atoms with E-state index in [2.05, 4.69) is 6.58 Å². The first-order valence-electron chi connectivity index (χ1n) is 3.84. The van der Waals surface area contributed by atoms with Crippen LogP contribution in [0.25, 0.3) is 0 Å². The van der Waals surface area contributed by atoms with Crippen molar-refractivity contribution in [3.05, 3.63) is 41.4 Å². The fourth-order valence-corrected chi connectivity index (χ4v) is 1.29. The molecule has 0 heterocycles. The van der Waals surface area contributed by atoms with Gasteiger partial charge in [0.15, 0.2) is 5.78 Å². The van der Waals surface area contributed by atoms with Crippen LogP contribution in [0.3, 0.4) is 0 Å². The van der Waals surface area contributed by atoms with Gasteiger partial charge in [0.1, 0.15) is 0 Å². The summed E-state index contributed by atoms with van der Waals surface area (Å²) >= 11 is 5.82. The maximum Gasteiger partial charge on any atom is 0.168 e. The van der Waals surface area contributed by atoms with Crippen LogP contribution in [0.15, 0.2) is 30.9 Å². The number of benzene rings is 1. The second-order valence-corrected chi connectivity index (χ2v) is 3.06. The number of carbonyl (C=O) groups is 1. The molecule has 0 radical (unpaired) electrons. The Morgan fingerprint density at radius 1 is 1.62 bits per heavy atom. The number of rotatable bonds is 3. The monoisotopic (exact) mass is 195 g/mol. The average Bonchev–Trinajstić information content (AvgIpc) is 2.04. The smallest absolute Gasteiger partial charge is 0.168 e. The van der Waals surface area contributed by atoms with E-state index in [1.54, 1.807) is 24.3 Å². The zero-order chi connectivity index (χ0) is 9.84. The molecule has 1 aromatic rings. The summed E-state index contributed by atoms with van der Waals surface area (Å²) < 4.78 is 0. The summed E-state index contributed by atoms with van der Waals surface area (Å²) in [6.45, 7) is 3.48. The van der Waals surface area contributed by atoms with Crippen molar-refractivity contribution in [2.45, 2.75) is 6.42 Å². The highest BCUT2D eigenvalue weighted by Gasteiger charge is 2.07. The number of nitrogens with two attached hydrogens (primary N) is 1. The Morgan fingerprint density at radius 2 is 2.31 bits per heavy atom. The molecule has 1 aromatic carbocycles. The van der Waals surface area contributed by atoms with Gasteiger partial charge >= 0.3 is 0 Å². The van der Waals surface area contributed by atoms with Gasteiger partial charge in [-0.3, -0.25) is 4.79 Å². The molecule has 68 valence electrons.